The molecule has 0 aliphatic carbocycles. The summed E-state index contributed by atoms with van der Waals surface area (Å²) in [5.74, 6) is -1.98. The van der Waals surface area contributed by atoms with Gasteiger partial charge in [0.25, 0.3) is 0 Å². The Labute approximate surface area is 185 Å². The van der Waals surface area contributed by atoms with E-state index in [4.69, 9.17) is 8.83 Å². The fourth-order valence-corrected chi connectivity index (χ4v) is 4.05. The van der Waals surface area contributed by atoms with E-state index in [1.54, 1.807) is 36.4 Å². The minimum Gasteiger partial charge on any atom is -0.507 e. The van der Waals surface area contributed by atoms with Gasteiger partial charge in [-0.1, -0.05) is 48.5 Å². The molecule has 0 saturated heterocycles. The van der Waals surface area contributed by atoms with Crippen molar-refractivity contribution in [2.45, 2.75) is 5.92 Å². The molecule has 0 radical (unpaired) electrons. The fraction of sp³-hybridized carbons (Fsp3) is 0.0385. The number of carbonyl (C=O) groups excluding carboxylic acids is 1. The summed E-state index contributed by atoms with van der Waals surface area (Å²) in [4.78, 5) is 37.2. The maximum atomic E-state index is 13.1. The van der Waals surface area contributed by atoms with Gasteiger partial charge in [-0.05, 0) is 29.8 Å². The molecule has 3 aromatic carbocycles. The lowest BCUT2D eigenvalue weighted by Gasteiger charge is -2.19. The maximum Gasteiger partial charge on any atom is 0.344 e. The molecule has 0 spiro atoms. The first kappa shape index (κ1) is 20.3. The number of hydrogen-bond donors (Lipinski definition) is 2. The summed E-state index contributed by atoms with van der Waals surface area (Å²) in [6, 6.07) is 19.0. The zero-order chi connectivity index (χ0) is 23.1. The molecule has 2 heterocycles. The number of aromatic hydroxyl groups is 2. The number of aldehydes is 1. The lowest BCUT2D eigenvalue weighted by molar-refractivity contribution is 0.112. The number of para-hydroxylation sites is 2. The standard InChI is InChI=1S/C26H16O7/c27-13-14-9-11-15(12-10-14)20(21-23(28)16-5-1-3-7-18(16)32-25(21)30)22-24(29)17-6-2-4-8-19(17)33-26(22)31/h1-13,20,28-29H. The Morgan fingerprint density at radius 2 is 1.12 bits per heavy atom. The number of carbonyl (C=O) groups is 1. The third-order valence-corrected chi connectivity index (χ3v) is 5.62. The highest BCUT2D eigenvalue weighted by atomic mass is 16.4. The van der Waals surface area contributed by atoms with Gasteiger partial charge in [-0.15, -0.1) is 0 Å². The minimum absolute atomic E-state index is 0.175. The summed E-state index contributed by atoms with van der Waals surface area (Å²) in [5.41, 5.74) is -1.11. The van der Waals surface area contributed by atoms with Crippen molar-refractivity contribution in [3.63, 3.8) is 0 Å². The maximum absolute atomic E-state index is 13.1. The molecule has 5 rings (SSSR count). The van der Waals surface area contributed by atoms with Crippen LogP contribution in [0.2, 0.25) is 0 Å². The van der Waals surface area contributed by atoms with E-state index < -0.39 is 17.2 Å². The largest absolute Gasteiger partial charge is 0.507 e. The molecule has 33 heavy (non-hydrogen) atoms. The predicted molar refractivity (Wildman–Crippen MR) is 121 cm³/mol. The van der Waals surface area contributed by atoms with Crippen LogP contribution in [-0.4, -0.2) is 16.5 Å². The molecule has 0 fully saturated rings. The Kier molecular flexibility index (Phi) is 4.79. The van der Waals surface area contributed by atoms with Crippen LogP contribution in [0.3, 0.4) is 0 Å². The van der Waals surface area contributed by atoms with Crippen molar-refractivity contribution in [1.82, 2.24) is 0 Å². The summed E-state index contributed by atoms with van der Waals surface area (Å²) < 4.78 is 10.8. The van der Waals surface area contributed by atoms with E-state index in [-0.39, 0.29) is 44.6 Å². The molecule has 162 valence electrons. The van der Waals surface area contributed by atoms with Gasteiger partial charge in [0.05, 0.1) is 27.8 Å². The van der Waals surface area contributed by atoms with E-state index in [9.17, 15) is 24.6 Å². The van der Waals surface area contributed by atoms with Gasteiger partial charge in [-0.25, -0.2) is 9.59 Å². The van der Waals surface area contributed by atoms with Crippen molar-refractivity contribution < 1.29 is 23.8 Å². The van der Waals surface area contributed by atoms with Gasteiger partial charge in [0.2, 0.25) is 0 Å². The predicted octanol–water partition coefficient (Wildman–Crippen LogP) is 4.30. The summed E-state index contributed by atoms with van der Waals surface area (Å²) in [5, 5.41) is 22.7. The first-order valence-electron chi connectivity index (χ1n) is 10.0. The van der Waals surface area contributed by atoms with E-state index in [1.807, 2.05) is 0 Å². The van der Waals surface area contributed by atoms with Crippen LogP contribution in [0, 0.1) is 0 Å². The van der Waals surface area contributed by atoms with Gasteiger partial charge >= 0.3 is 11.3 Å². The zero-order valence-electron chi connectivity index (χ0n) is 17.0. The van der Waals surface area contributed by atoms with Crippen molar-refractivity contribution in [1.29, 1.82) is 0 Å². The quantitative estimate of drug-likeness (QED) is 0.316. The number of rotatable bonds is 4. The SMILES string of the molecule is O=Cc1ccc(C(c2c(O)c3ccccc3oc2=O)c2c(O)c3ccccc3oc2=O)cc1. The van der Waals surface area contributed by atoms with E-state index >= 15 is 0 Å². The molecular formula is C26H16O7. The number of fused-ring (bicyclic) bond motifs is 2. The lowest BCUT2D eigenvalue weighted by atomic mass is 9.84. The molecule has 5 aromatic rings. The molecule has 0 atom stereocenters. The van der Waals surface area contributed by atoms with Crippen LogP contribution in [-0.2, 0) is 0 Å². The molecule has 7 nitrogen and oxygen atoms in total. The zero-order valence-corrected chi connectivity index (χ0v) is 17.0. The molecule has 0 bridgehead atoms. The average Bonchev–Trinajstić information content (AvgIpc) is 2.83. The van der Waals surface area contributed by atoms with Gasteiger partial charge in [0, 0.05) is 5.56 Å². The molecular weight excluding hydrogens is 424 g/mol. The molecule has 0 saturated carbocycles. The monoisotopic (exact) mass is 440 g/mol. The Morgan fingerprint density at radius 1 is 0.667 bits per heavy atom. The Morgan fingerprint density at radius 3 is 1.58 bits per heavy atom. The molecule has 2 aromatic heterocycles. The van der Waals surface area contributed by atoms with Crippen molar-refractivity contribution in [2.75, 3.05) is 0 Å². The summed E-state index contributed by atoms with van der Waals surface area (Å²) >= 11 is 0. The second-order valence-corrected chi connectivity index (χ2v) is 7.51. The third kappa shape index (κ3) is 3.27. The second kappa shape index (κ2) is 7.80. The highest BCUT2D eigenvalue weighted by molar-refractivity contribution is 5.87. The Balaban J connectivity index is 1.90. The second-order valence-electron chi connectivity index (χ2n) is 7.51. The molecule has 0 aliphatic rings. The Bertz CT molecular complexity index is 1540. The fourth-order valence-electron chi connectivity index (χ4n) is 4.05. The highest BCUT2D eigenvalue weighted by Crippen LogP contribution is 2.41. The molecule has 0 unspecified atom stereocenters. The van der Waals surface area contributed by atoms with Crippen LogP contribution in [0.25, 0.3) is 21.9 Å². The minimum atomic E-state index is -1.23. The van der Waals surface area contributed by atoms with E-state index in [0.717, 1.165) is 0 Å². The molecule has 2 N–H and O–H groups in total. The van der Waals surface area contributed by atoms with E-state index in [2.05, 4.69) is 0 Å². The van der Waals surface area contributed by atoms with Crippen LogP contribution in [0.1, 0.15) is 33.0 Å². The van der Waals surface area contributed by atoms with Gasteiger partial charge in [0.15, 0.2) is 0 Å². The first-order chi connectivity index (χ1) is 16.0. The topological polar surface area (TPSA) is 118 Å². The summed E-state index contributed by atoms with van der Waals surface area (Å²) in [7, 11) is 0. The number of benzene rings is 3. The third-order valence-electron chi connectivity index (χ3n) is 5.62. The van der Waals surface area contributed by atoms with Gasteiger partial charge in [-0.3, -0.25) is 4.79 Å². The van der Waals surface area contributed by atoms with Crippen molar-refractivity contribution >= 4 is 28.2 Å². The van der Waals surface area contributed by atoms with E-state index in [1.165, 1.54) is 36.4 Å². The molecule has 0 amide bonds. The van der Waals surface area contributed by atoms with Crippen molar-refractivity contribution in [2.24, 2.45) is 0 Å². The van der Waals surface area contributed by atoms with Crippen molar-refractivity contribution in [3.8, 4) is 11.5 Å². The Hall–Kier alpha value is -4.65. The van der Waals surface area contributed by atoms with Crippen LogP contribution >= 0.6 is 0 Å². The summed E-state index contributed by atoms with van der Waals surface area (Å²) in [6.07, 6.45) is 0.655. The van der Waals surface area contributed by atoms with Crippen LogP contribution in [0.15, 0.2) is 91.2 Å². The lowest BCUT2D eigenvalue weighted by Crippen LogP contribution is -2.21. The van der Waals surface area contributed by atoms with Gasteiger partial charge < -0.3 is 19.0 Å². The van der Waals surface area contributed by atoms with Gasteiger partial charge in [0.1, 0.15) is 29.0 Å². The molecule has 0 aliphatic heterocycles. The molecule has 7 heteroatoms. The van der Waals surface area contributed by atoms with Crippen LogP contribution in [0.5, 0.6) is 11.5 Å². The average molecular weight is 440 g/mol. The van der Waals surface area contributed by atoms with Crippen LogP contribution < -0.4 is 11.3 Å². The van der Waals surface area contributed by atoms with Crippen LogP contribution in [0.4, 0.5) is 0 Å². The summed E-state index contributed by atoms with van der Waals surface area (Å²) in [6.45, 7) is 0. The van der Waals surface area contributed by atoms with Gasteiger partial charge in [-0.2, -0.15) is 0 Å². The number of hydrogen-bond acceptors (Lipinski definition) is 7. The normalized spacial score (nSPS) is 11.3. The highest BCUT2D eigenvalue weighted by Gasteiger charge is 2.32. The van der Waals surface area contributed by atoms with Crippen molar-refractivity contribution in [3.05, 3.63) is 116 Å². The van der Waals surface area contributed by atoms with E-state index in [0.29, 0.717) is 17.4 Å². The smallest absolute Gasteiger partial charge is 0.344 e. The first-order valence-corrected chi connectivity index (χ1v) is 10.0.